The summed E-state index contributed by atoms with van der Waals surface area (Å²) in [7, 11) is 1.39. The molecule has 150 valence electrons. The maximum atomic E-state index is 12.6. The van der Waals surface area contributed by atoms with Gasteiger partial charge >= 0.3 is 12.1 Å². The van der Waals surface area contributed by atoms with Gasteiger partial charge in [0.2, 0.25) is 0 Å². The lowest BCUT2D eigenvalue weighted by Crippen LogP contribution is -2.13. The Morgan fingerprint density at radius 3 is 2.36 bits per heavy atom. The molecule has 0 bridgehead atoms. The predicted octanol–water partition coefficient (Wildman–Crippen LogP) is 5.36. The molecule has 5 nitrogen and oxygen atoms in total. The van der Waals surface area contributed by atoms with E-state index in [0.29, 0.717) is 5.56 Å². The molecule has 0 aliphatic heterocycles. The Morgan fingerprint density at radius 2 is 1.79 bits per heavy atom. The van der Waals surface area contributed by atoms with Crippen LogP contribution in [0.2, 0.25) is 0 Å². The van der Waals surface area contributed by atoms with Gasteiger partial charge in [0, 0.05) is 5.75 Å². The van der Waals surface area contributed by atoms with Crippen LogP contribution in [0.5, 0.6) is 5.75 Å². The second-order valence-corrected chi connectivity index (χ2v) is 6.45. The number of benzene rings is 2. The van der Waals surface area contributed by atoms with Gasteiger partial charge in [0.25, 0.3) is 5.24 Å². The number of anilines is 1. The zero-order valence-corrected chi connectivity index (χ0v) is 15.9. The van der Waals surface area contributed by atoms with Gasteiger partial charge in [0.1, 0.15) is 11.3 Å². The van der Waals surface area contributed by atoms with Crippen molar-refractivity contribution in [2.75, 3.05) is 19.0 Å². The SMILES string of the molecule is CCOC(=O)c1c(NC(=O)SCc2ccc(C(F)(F)F)cc2)cccc1OC. The maximum absolute atomic E-state index is 12.6. The third-order valence-electron chi connectivity index (χ3n) is 3.61. The van der Waals surface area contributed by atoms with Crippen molar-refractivity contribution in [3.8, 4) is 5.75 Å². The molecule has 0 aliphatic rings. The lowest BCUT2D eigenvalue weighted by atomic mass is 10.1. The largest absolute Gasteiger partial charge is 0.496 e. The average molecular weight is 413 g/mol. The molecular formula is C19H18F3NO4S. The van der Waals surface area contributed by atoms with E-state index >= 15 is 0 Å². The molecule has 0 radical (unpaired) electrons. The van der Waals surface area contributed by atoms with E-state index in [0.717, 1.165) is 23.9 Å². The number of carbonyl (C=O) groups is 2. The fourth-order valence-electron chi connectivity index (χ4n) is 2.30. The van der Waals surface area contributed by atoms with Gasteiger partial charge in [-0.1, -0.05) is 30.0 Å². The lowest BCUT2D eigenvalue weighted by molar-refractivity contribution is -0.137. The molecule has 2 aromatic rings. The van der Waals surface area contributed by atoms with E-state index in [-0.39, 0.29) is 29.4 Å². The van der Waals surface area contributed by atoms with Crippen molar-refractivity contribution in [3.63, 3.8) is 0 Å². The Morgan fingerprint density at radius 1 is 1.11 bits per heavy atom. The van der Waals surface area contributed by atoms with Gasteiger partial charge in [-0.05, 0) is 36.8 Å². The molecule has 28 heavy (non-hydrogen) atoms. The first kappa shape index (κ1) is 21.6. The highest BCUT2D eigenvalue weighted by Gasteiger charge is 2.30. The number of halogens is 3. The van der Waals surface area contributed by atoms with Crippen LogP contribution in [-0.2, 0) is 16.7 Å². The van der Waals surface area contributed by atoms with Crippen LogP contribution in [0, 0.1) is 0 Å². The van der Waals surface area contributed by atoms with Crippen molar-refractivity contribution in [3.05, 3.63) is 59.2 Å². The molecule has 1 N–H and O–H groups in total. The number of alkyl halides is 3. The summed E-state index contributed by atoms with van der Waals surface area (Å²) in [4.78, 5) is 24.4. The number of ether oxygens (including phenoxy) is 2. The quantitative estimate of drug-likeness (QED) is 0.646. The van der Waals surface area contributed by atoms with Gasteiger partial charge in [-0.2, -0.15) is 13.2 Å². The van der Waals surface area contributed by atoms with Gasteiger partial charge in [-0.25, -0.2) is 4.79 Å². The number of methoxy groups -OCH3 is 1. The Labute approximate surface area is 164 Å². The van der Waals surface area contributed by atoms with Gasteiger partial charge in [-0.3, -0.25) is 4.79 Å². The Hall–Kier alpha value is -2.68. The number of carbonyl (C=O) groups excluding carboxylic acids is 2. The van der Waals surface area contributed by atoms with Crippen molar-refractivity contribution in [2.45, 2.75) is 18.9 Å². The van der Waals surface area contributed by atoms with Crippen molar-refractivity contribution in [1.82, 2.24) is 0 Å². The number of thioether (sulfide) groups is 1. The fourth-order valence-corrected chi connectivity index (χ4v) is 2.98. The van der Waals surface area contributed by atoms with Crippen LogP contribution >= 0.6 is 11.8 Å². The minimum atomic E-state index is -4.40. The van der Waals surface area contributed by atoms with E-state index in [1.165, 1.54) is 25.3 Å². The number of nitrogens with one attached hydrogen (secondary N) is 1. The van der Waals surface area contributed by atoms with E-state index in [1.54, 1.807) is 19.1 Å². The number of amides is 1. The summed E-state index contributed by atoms with van der Waals surface area (Å²) < 4.78 is 47.9. The molecule has 9 heteroatoms. The van der Waals surface area contributed by atoms with E-state index in [4.69, 9.17) is 9.47 Å². The van der Waals surface area contributed by atoms with Crippen LogP contribution in [0.1, 0.15) is 28.4 Å². The number of hydrogen-bond donors (Lipinski definition) is 1. The lowest BCUT2D eigenvalue weighted by Gasteiger charge is -2.13. The monoisotopic (exact) mass is 413 g/mol. The first-order valence-electron chi connectivity index (χ1n) is 8.20. The van der Waals surface area contributed by atoms with E-state index in [9.17, 15) is 22.8 Å². The summed E-state index contributed by atoms with van der Waals surface area (Å²) in [6.45, 7) is 1.82. The molecule has 0 fully saturated rings. The van der Waals surface area contributed by atoms with Crippen LogP contribution < -0.4 is 10.1 Å². The van der Waals surface area contributed by atoms with Crippen molar-refractivity contribution >= 4 is 28.7 Å². The van der Waals surface area contributed by atoms with Gasteiger partial charge in [0.15, 0.2) is 0 Å². The molecular weight excluding hydrogens is 395 g/mol. The highest BCUT2D eigenvalue weighted by atomic mass is 32.2. The van der Waals surface area contributed by atoms with E-state index in [2.05, 4.69) is 5.32 Å². The van der Waals surface area contributed by atoms with Crippen LogP contribution in [0.3, 0.4) is 0 Å². The van der Waals surface area contributed by atoms with Gasteiger partial charge in [-0.15, -0.1) is 0 Å². The third kappa shape index (κ3) is 5.66. The van der Waals surface area contributed by atoms with Gasteiger partial charge in [0.05, 0.1) is 25.0 Å². The van der Waals surface area contributed by atoms with Gasteiger partial charge < -0.3 is 14.8 Å². The third-order valence-corrected chi connectivity index (χ3v) is 4.46. The molecule has 1 amide bonds. The highest BCUT2D eigenvalue weighted by Crippen LogP contribution is 2.30. The second kappa shape index (κ2) is 9.50. The van der Waals surface area contributed by atoms with Crippen LogP contribution in [0.25, 0.3) is 0 Å². The molecule has 0 aromatic heterocycles. The fraction of sp³-hybridized carbons (Fsp3) is 0.263. The Bertz CT molecular complexity index is 838. The summed E-state index contributed by atoms with van der Waals surface area (Å²) in [6, 6.07) is 9.28. The molecule has 2 rings (SSSR count). The molecule has 2 aromatic carbocycles. The molecule has 0 aliphatic carbocycles. The predicted molar refractivity (Wildman–Crippen MR) is 101 cm³/mol. The molecule has 0 saturated carbocycles. The van der Waals surface area contributed by atoms with E-state index in [1.807, 2.05) is 0 Å². The zero-order chi connectivity index (χ0) is 20.7. The van der Waals surface area contributed by atoms with Crippen molar-refractivity contribution in [2.24, 2.45) is 0 Å². The van der Waals surface area contributed by atoms with Crippen molar-refractivity contribution < 1.29 is 32.2 Å². The standard InChI is InChI=1S/C19H18F3NO4S/c1-3-27-17(24)16-14(5-4-6-15(16)26-2)23-18(25)28-11-12-7-9-13(10-8-12)19(20,21)22/h4-10H,3,11H2,1-2H3,(H,23,25). The first-order valence-corrected chi connectivity index (χ1v) is 9.18. The maximum Gasteiger partial charge on any atom is 0.416 e. The van der Waals surface area contributed by atoms with Crippen LogP contribution in [0.15, 0.2) is 42.5 Å². The Kier molecular flexibility index (Phi) is 7.33. The number of hydrogen-bond acceptors (Lipinski definition) is 5. The number of esters is 1. The summed E-state index contributed by atoms with van der Waals surface area (Å²) in [5.74, 6) is -0.213. The summed E-state index contributed by atoms with van der Waals surface area (Å²) >= 11 is 0.861. The minimum Gasteiger partial charge on any atom is -0.496 e. The van der Waals surface area contributed by atoms with Crippen molar-refractivity contribution in [1.29, 1.82) is 0 Å². The first-order chi connectivity index (χ1) is 13.3. The normalized spacial score (nSPS) is 11.0. The molecule has 0 unspecified atom stereocenters. The molecule has 0 saturated heterocycles. The molecule has 0 spiro atoms. The molecule has 0 heterocycles. The smallest absolute Gasteiger partial charge is 0.416 e. The van der Waals surface area contributed by atoms with Crippen LogP contribution in [-0.4, -0.2) is 24.9 Å². The Balaban J connectivity index is 2.06. The minimum absolute atomic E-state index is 0.0929. The summed E-state index contributed by atoms with van der Waals surface area (Å²) in [6.07, 6.45) is -4.40. The van der Waals surface area contributed by atoms with Crippen LogP contribution in [0.4, 0.5) is 23.7 Å². The second-order valence-electron chi connectivity index (χ2n) is 5.50. The summed E-state index contributed by atoms with van der Waals surface area (Å²) in [5, 5.41) is 2.12. The average Bonchev–Trinajstić information content (AvgIpc) is 2.66. The zero-order valence-electron chi connectivity index (χ0n) is 15.1. The summed E-state index contributed by atoms with van der Waals surface area (Å²) in [5.41, 5.74) is 0.128. The topological polar surface area (TPSA) is 64.6 Å². The van der Waals surface area contributed by atoms with E-state index < -0.39 is 22.9 Å². The molecule has 0 atom stereocenters. The number of rotatable bonds is 6. The highest BCUT2D eigenvalue weighted by molar-refractivity contribution is 8.13.